The summed E-state index contributed by atoms with van der Waals surface area (Å²) < 4.78 is 0. The number of carbonyl (C=O) groups is 2. The zero-order valence-electron chi connectivity index (χ0n) is 8.75. The highest BCUT2D eigenvalue weighted by molar-refractivity contribution is 6.45. The van der Waals surface area contributed by atoms with Crippen molar-refractivity contribution in [2.45, 2.75) is 38.6 Å². The number of hydrogen-bond acceptors (Lipinski definition) is 3. The quantitative estimate of drug-likeness (QED) is 0.604. The monoisotopic (exact) mass is 209 g/mol. The average molecular weight is 209 g/mol. The highest BCUT2D eigenvalue weighted by atomic mass is 16.2. The average Bonchev–Trinajstić information content (AvgIpc) is 2.50. The van der Waals surface area contributed by atoms with Crippen molar-refractivity contribution in [1.29, 1.82) is 0 Å². The highest BCUT2D eigenvalue weighted by Crippen LogP contribution is 2.26. The summed E-state index contributed by atoms with van der Waals surface area (Å²) in [6, 6.07) is 0.229. The van der Waals surface area contributed by atoms with Gasteiger partial charge in [0.1, 0.15) is 0 Å². The molecule has 1 saturated heterocycles. The van der Waals surface area contributed by atoms with Gasteiger partial charge < -0.3 is 0 Å². The Morgan fingerprint density at radius 3 is 2.33 bits per heavy atom. The van der Waals surface area contributed by atoms with Crippen molar-refractivity contribution < 1.29 is 9.59 Å². The van der Waals surface area contributed by atoms with Gasteiger partial charge in [-0.05, 0) is 18.8 Å². The molecule has 5 nitrogen and oxygen atoms in total. The van der Waals surface area contributed by atoms with Crippen LogP contribution < -0.4 is 10.6 Å². The van der Waals surface area contributed by atoms with E-state index in [-0.39, 0.29) is 6.04 Å². The van der Waals surface area contributed by atoms with Gasteiger partial charge in [-0.15, -0.1) is 0 Å². The van der Waals surface area contributed by atoms with Crippen LogP contribution in [0.25, 0.3) is 0 Å². The van der Waals surface area contributed by atoms with Crippen LogP contribution in [0.5, 0.6) is 0 Å². The molecule has 2 unspecified atom stereocenters. The van der Waals surface area contributed by atoms with E-state index in [1.165, 1.54) is 19.3 Å². The van der Waals surface area contributed by atoms with Gasteiger partial charge in [0.25, 0.3) is 0 Å². The molecular weight excluding hydrogens is 194 g/mol. The van der Waals surface area contributed by atoms with Crippen LogP contribution >= 0.6 is 0 Å². The lowest BCUT2D eigenvalue weighted by molar-refractivity contribution is -0.135. The van der Waals surface area contributed by atoms with Crippen LogP contribution in [0.15, 0.2) is 4.99 Å². The lowest BCUT2D eigenvalue weighted by Crippen LogP contribution is -2.30. The van der Waals surface area contributed by atoms with Crippen LogP contribution in [-0.4, -0.2) is 23.8 Å². The molecule has 2 aliphatic rings. The first-order valence-corrected chi connectivity index (χ1v) is 5.37. The summed E-state index contributed by atoms with van der Waals surface area (Å²) in [4.78, 5) is 26.2. The zero-order valence-corrected chi connectivity index (χ0v) is 8.75. The number of guanidine groups is 1. The molecule has 5 heteroatoms. The zero-order chi connectivity index (χ0) is 10.8. The second-order valence-corrected chi connectivity index (χ2v) is 4.22. The van der Waals surface area contributed by atoms with E-state index in [1.807, 2.05) is 0 Å². The molecule has 82 valence electrons. The van der Waals surface area contributed by atoms with Crippen LogP contribution in [0.1, 0.15) is 32.6 Å². The van der Waals surface area contributed by atoms with Crippen molar-refractivity contribution in [2.24, 2.45) is 10.9 Å². The molecule has 1 saturated carbocycles. The minimum atomic E-state index is -0.614. The smallest absolute Gasteiger partial charge is 0.288 e. The summed E-state index contributed by atoms with van der Waals surface area (Å²) in [6.07, 6.45) is 4.63. The molecular formula is C10H15N3O2. The summed E-state index contributed by atoms with van der Waals surface area (Å²) in [5, 5.41) is 4.84. The number of nitrogens with one attached hydrogen (secondary N) is 2. The standard InChI is InChI=1S/C10H15N3O2/c1-6-4-2-3-5-7(6)11-10-12-8(14)9(15)13-10/h6-7H,2-5H2,1H3,(H2,11,12,13,14,15). The third-order valence-electron chi connectivity index (χ3n) is 3.03. The maximum Gasteiger partial charge on any atom is 0.316 e. The van der Waals surface area contributed by atoms with Gasteiger partial charge in [-0.2, -0.15) is 0 Å². The fraction of sp³-hybridized carbons (Fsp3) is 0.700. The Balaban J connectivity index is 2.03. The second-order valence-electron chi connectivity index (χ2n) is 4.22. The largest absolute Gasteiger partial charge is 0.316 e. The third kappa shape index (κ3) is 2.16. The van der Waals surface area contributed by atoms with Gasteiger partial charge in [0.15, 0.2) is 0 Å². The molecule has 0 aromatic carbocycles. The van der Waals surface area contributed by atoms with E-state index in [0.29, 0.717) is 11.9 Å². The molecule has 0 spiro atoms. The molecule has 0 aromatic rings. The van der Waals surface area contributed by atoms with Gasteiger partial charge in [0, 0.05) is 0 Å². The maximum atomic E-state index is 10.9. The van der Waals surface area contributed by atoms with E-state index in [4.69, 9.17) is 0 Å². The summed E-state index contributed by atoms with van der Waals surface area (Å²) in [7, 11) is 0. The molecule has 2 N–H and O–H groups in total. The minimum absolute atomic E-state index is 0.229. The first kappa shape index (κ1) is 10.1. The first-order chi connectivity index (χ1) is 7.16. The molecule has 2 atom stereocenters. The van der Waals surface area contributed by atoms with Crippen LogP contribution in [0.2, 0.25) is 0 Å². The molecule has 1 aliphatic carbocycles. The van der Waals surface area contributed by atoms with Crippen LogP contribution in [0.4, 0.5) is 0 Å². The number of nitrogens with zero attached hydrogens (tertiary/aromatic N) is 1. The summed E-state index contributed by atoms with van der Waals surface area (Å²) >= 11 is 0. The summed E-state index contributed by atoms with van der Waals surface area (Å²) in [6.45, 7) is 2.16. The van der Waals surface area contributed by atoms with Crippen molar-refractivity contribution in [3.05, 3.63) is 0 Å². The van der Waals surface area contributed by atoms with Crippen molar-refractivity contribution in [3.63, 3.8) is 0 Å². The fourth-order valence-electron chi connectivity index (χ4n) is 2.08. The lowest BCUT2D eigenvalue weighted by Gasteiger charge is -2.25. The molecule has 0 bridgehead atoms. The molecule has 0 radical (unpaired) electrons. The van der Waals surface area contributed by atoms with Crippen LogP contribution in [0.3, 0.4) is 0 Å². The molecule has 0 aromatic heterocycles. The van der Waals surface area contributed by atoms with E-state index >= 15 is 0 Å². The Labute approximate surface area is 88.3 Å². The predicted octanol–water partition coefficient (Wildman–Crippen LogP) is 0.167. The molecule has 15 heavy (non-hydrogen) atoms. The lowest BCUT2D eigenvalue weighted by atomic mass is 9.86. The van der Waals surface area contributed by atoms with Crippen molar-refractivity contribution in [3.8, 4) is 0 Å². The normalized spacial score (nSPS) is 31.1. The van der Waals surface area contributed by atoms with E-state index in [1.54, 1.807) is 0 Å². The SMILES string of the molecule is CC1CCCCC1N=C1NC(=O)C(=O)N1. The van der Waals surface area contributed by atoms with Crippen molar-refractivity contribution in [1.82, 2.24) is 10.6 Å². The molecule has 2 fully saturated rings. The maximum absolute atomic E-state index is 10.9. The van der Waals surface area contributed by atoms with E-state index < -0.39 is 11.8 Å². The topological polar surface area (TPSA) is 70.6 Å². The van der Waals surface area contributed by atoms with Crippen molar-refractivity contribution >= 4 is 17.8 Å². The number of hydrogen-bond donors (Lipinski definition) is 2. The van der Waals surface area contributed by atoms with Gasteiger partial charge >= 0.3 is 11.8 Å². The summed E-state index contributed by atoms with van der Waals surface area (Å²) in [5.74, 6) is -0.376. The van der Waals surface area contributed by atoms with E-state index in [2.05, 4.69) is 22.5 Å². The Hall–Kier alpha value is -1.39. The van der Waals surface area contributed by atoms with Gasteiger partial charge in [-0.25, -0.2) is 4.99 Å². The first-order valence-electron chi connectivity index (χ1n) is 5.37. The Kier molecular flexibility index (Phi) is 2.70. The van der Waals surface area contributed by atoms with Gasteiger partial charge in [-0.1, -0.05) is 19.8 Å². The summed E-state index contributed by atoms with van der Waals surface area (Å²) in [5.41, 5.74) is 0. The highest BCUT2D eigenvalue weighted by Gasteiger charge is 2.28. The van der Waals surface area contributed by atoms with Crippen LogP contribution in [0, 0.1) is 5.92 Å². The van der Waals surface area contributed by atoms with Gasteiger partial charge in [-0.3, -0.25) is 20.2 Å². The Morgan fingerprint density at radius 2 is 1.73 bits per heavy atom. The third-order valence-corrected chi connectivity index (χ3v) is 3.03. The fourth-order valence-corrected chi connectivity index (χ4v) is 2.08. The number of rotatable bonds is 1. The molecule has 1 aliphatic heterocycles. The number of aliphatic imine (C=N–C) groups is 1. The Bertz CT molecular complexity index is 307. The van der Waals surface area contributed by atoms with Crippen LogP contribution in [-0.2, 0) is 9.59 Å². The van der Waals surface area contributed by atoms with E-state index in [0.717, 1.165) is 6.42 Å². The minimum Gasteiger partial charge on any atom is -0.288 e. The second kappa shape index (κ2) is 4.00. The number of amides is 2. The molecule has 1 heterocycles. The van der Waals surface area contributed by atoms with Gasteiger partial charge in [0.05, 0.1) is 6.04 Å². The van der Waals surface area contributed by atoms with Crippen molar-refractivity contribution in [2.75, 3.05) is 0 Å². The van der Waals surface area contributed by atoms with Gasteiger partial charge in [0.2, 0.25) is 5.96 Å². The molecule has 2 amide bonds. The van der Waals surface area contributed by atoms with E-state index in [9.17, 15) is 9.59 Å². The Morgan fingerprint density at radius 1 is 1.13 bits per heavy atom. The predicted molar refractivity (Wildman–Crippen MR) is 55.1 cm³/mol. The number of carbonyl (C=O) groups excluding carboxylic acids is 2. The molecule has 2 rings (SSSR count).